The standard InChI is InChI=1S/C12H15ClFNO/c1-2-15(12(16)6-7-13)9-10-4-3-5-11(14)8-10/h3-5,8H,2,6-7,9H2,1H3. The number of halogens is 2. The van der Waals surface area contributed by atoms with Gasteiger partial charge in [-0.05, 0) is 24.6 Å². The number of carbonyl (C=O) groups excluding carboxylic acids is 1. The smallest absolute Gasteiger partial charge is 0.224 e. The highest BCUT2D eigenvalue weighted by atomic mass is 35.5. The van der Waals surface area contributed by atoms with Crippen LogP contribution < -0.4 is 0 Å². The Kier molecular flexibility index (Phi) is 5.26. The molecule has 1 amide bonds. The highest BCUT2D eigenvalue weighted by molar-refractivity contribution is 6.18. The van der Waals surface area contributed by atoms with E-state index in [0.29, 0.717) is 25.4 Å². The molecule has 0 saturated heterocycles. The fraction of sp³-hybridized carbons (Fsp3) is 0.417. The summed E-state index contributed by atoms with van der Waals surface area (Å²) in [6, 6.07) is 6.28. The molecule has 0 N–H and O–H groups in total. The van der Waals surface area contributed by atoms with Crippen LogP contribution in [0.1, 0.15) is 18.9 Å². The van der Waals surface area contributed by atoms with Gasteiger partial charge in [0.25, 0.3) is 0 Å². The first kappa shape index (κ1) is 13.0. The van der Waals surface area contributed by atoms with Gasteiger partial charge in [0.05, 0.1) is 0 Å². The van der Waals surface area contributed by atoms with Gasteiger partial charge in [-0.1, -0.05) is 12.1 Å². The summed E-state index contributed by atoms with van der Waals surface area (Å²) < 4.78 is 12.9. The van der Waals surface area contributed by atoms with Gasteiger partial charge < -0.3 is 4.90 Å². The highest BCUT2D eigenvalue weighted by Gasteiger charge is 2.11. The molecule has 16 heavy (non-hydrogen) atoms. The Morgan fingerprint density at radius 1 is 1.50 bits per heavy atom. The van der Waals surface area contributed by atoms with E-state index in [2.05, 4.69) is 0 Å². The topological polar surface area (TPSA) is 20.3 Å². The fourth-order valence-corrected chi connectivity index (χ4v) is 1.63. The van der Waals surface area contributed by atoms with E-state index in [-0.39, 0.29) is 11.7 Å². The molecule has 88 valence electrons. The maximum Gasteiger partial charge on any atom is 0.224 e. The van der Waals surface area contributed by atoms with Crippen LogP contribution in [0.15, 0.2) is 24.3 Å². The summed E-state index contributed by atoms with van der Waals surface area (Å²) in [5.74, 6) is 0.0403. The minimum atomic E-state index is -0.279. The van der Waals surface area contributed by atoms with Crippen LogP contribution in [-0.2, 0) is 11.3 Å². The van der Waals surface area contributed by atoms with Gasteiger partial charge in [0.2, 0.25) is 5.91 Å². The van der Waals surface area contributed by atoms with E-state index in [1.807, 2.05) is 6.92 Å². The van der Waals surface area contributed by atoms with Crippen molar-refractivity contribution >= 4 is 17.5 Å². The van der Waals surface area contributed by atoms with Gasteiger partial charge >= 0.3 is 0 Å². The molecule has 1 aromatic rings. The van der Waals surface area contributed by atoms with Crippen molar-refractivity contribution in [3.63, 3.8) is 0 Å². The van der Waals surface area contributed by atoms with Gasteiger partial charge in [-0.25, -0.2) is 4.39 Å². The number of rotatable bonds is 5. The second-order valence-electron chi connectivity index (χ2n) is 3.48. The average Bonchev–Trinajstić information content (AvgIpc) is 2.26. The second-order valence-corrected chi connectivity index (χ2v) is 3.85. The summed E-state index contributed by atoms with van der Waals surface area (Å²) in [7, 11) is 0. The van der Waals surface area contributed by atoms with Crippen molar-refractivity contribution < 1.29 is 9.18 Å². The summed E-state index contributed by atoms with van der Waals surface area (Å²) in [5.41, 5.74) is 0.796. The van der Waals surface area contributed by atoms with Gasteiger partial charge in [0.1, 0.15) is 5.82 Å². The van der Waals surface area contributed by atoms with Crippen LogP contribution in [-0.4, -0.2) is 23.2 Å². The molecule has 0 bridgehead atoms. The summed E-state index contributed by atoms with van der Waals surface area (Å²) in [6.45, 7) is 2.93. The van der Waals surface area contributed by atoms with Gasteiger partial charge in [0, 0.05) is 25.4 Å². The van der Waals surface area contributed by atoms with Crippen LogP contribution in [0.2, 0.25) is 0 Å². The molecular formula is C12H15ClFNO. The molecule has 0 fully saturated rings. The second kappa shape index (κ2) is 6.48. The van der Waals surface area contributed by atoms with E-state index in [9.17, 15) is 9.18 Å². The number of alkyl halides is 1. The molecule has 1 aromatic carbocycles. The summed E-state index contributed by atoms with van der Waals surface area (Å²) >= 11 is 5.52. The minimum absolute atomic E-state index is 0.00163. The molecule has 0 spiro atoms. The Labute approximate surface area is 100 Å². The maximum atomic E-state index is 12.9. The van der Waals surface area contributed by atoms with E-state index < -0.39 is 0 Å². The van der Waals surface area contributed by atoms with E-state index >= 15 is 0 Å². The molecule has 0 aliphatic carbocycles. The van der Waals surface area contributed by atoms with E-state index in [0.717, 1.165) is 5.56 Å². The van der Waals surface area contributed by atoms with Crippen molar-refractivity contribution in [1.29, 1.82) is 0 Å². The lowest BCUT2D eigenvalue weighted by atomic mass is 10.2. The van der Waals surface area contributed by atoms with Gasteiger partial charge in [-0.3, -0.25) is 4.79 Å². The third kappa shape index (κ3) is 3.81. The molecule has 0 unspecified atom stereocenters. The third-order valence-electron chi connectivity index (χ3n) is 2.31. The first-order valence-corrected chi connectivity index (χ1v) is 5.79. The lowest BCUT2D eigenvalue weighted by molar-refractivity contribution is -0.131. The molecule has 0 heterocycles. The summed E-state index contributed by atoms with van der Waals surface area (Å²) in [5, 5.41) is 0. The van der Waals surface area contributed by atoms with E-state index in [1.54, 1.807) is 17.0 Å². The molecule has 2 nitrogen and oxygen atoms in total. The number of hydrogen-bond donors (Lipinski definition) is 0. The molecule has 0 radical (unpaired) electrons. The summed E-state index contributed by atoms with van der Waals surface area (Å²) in [6.07, 6.45) is 0.324. The first-order chi connectivity index (χ1) is 7.67. The number of benzene rings is 1. The van der Waals surface area contributed by atoms with Crippen LogP contribution in [0, 0.1) is 5.82 Å². The predicted molar refractivity (Wildman–Crippen MR) is 62.8 cm³/mol. The Balaban J connectivity index is 2.66. The molecule has 0 aromatic heterocycles. The zero-order valence-electron chi connectivity index (χ0n) is 9.25. The number of nitrogens with zero attached hydrogens (tertiary/aromatic N) is 1. The van der Waals surface area contributed by atoms with E-state index in [1.165, 1.54) is 12.1 Å². The van der Waals surface area contributed by atoms with Crippen molar-refractivity contribution in [2.45, 2.75) is 19.9 Å². The largest absolute Gasteiger partial charge is 0.339 e. The number of amides is 1. The first-order valence-electron chi connectivity index (χ1n) is 5.25. The van der Waals surface area contributed by atoms with Crippen LogP contribution in [0.25, 0.3) is 0 Å². The quantitative estimate of drug-likeness (QED) is 0.729. The van der Waals surface area contributed by atoms with Crippen LogP contribution in [0.3, 0.4) is 0 Å². The van der Waals surface area contributed by atoms with Crippen molar-refractivity contribution in [2.75, 3.05) is 12.4 Å². The van der Waals surface area contributed by atoms with Crippen molar-refractivity contribution in [2.24, 2.45) is 0 Å². The van der Waals surface area contributed by atoms with Crippen molar-refractivity contribution in [1.82, 2.24) is 4.90 Å². The normalized spacial score (nSPS) is 10.2. The Bertz CT molecular complexity index is 357. The zero-order chi connectivity index (χ0) is 12.0. The molecule has 0 aliphatic heterocycles. The number of carbonyl (C=O) groups is 1. The monoisotopic (exact) mass is 243 g/mol. The van der Waals surface area contributed by atoms with Crippen LogP contribution in [0.5, 0.6) is 0 Å². The van der Waals surface area contributed by atoms with Crippen LogP contribution in [0.4, 0.5) is 4.39 Å². The number of hydrogen-bond acceptors (Lipinski definition) is 1. The van der Waals surface area contributed by atoms with Crippen molar-refractivity contribution in [3.8, 4) is 0 Å². The Morgan fingerprint density at radius 2 is 2.25 bits per heavy atom. The molecule has 0 atom stereocenters. The highest BCUT2D eigenvalue weighted by Crippen LogP contribution is 2.08. The minimum Gasteiger partial charge on any atom is -0.339 e. The zero-order valence-corrected chi connectivity index (χ0v) is 10.0. The maximum absolute atomic E-state index is 12.9. The lowest BCUT2D eigenvalue weighted by Crippen LogP contribution is -2.30. The van der Waals surface area contributed by atoms with Gasteiger partial charge in [-0.2, -0.15) is 0 Å². The molecule has 0 saturated carbocycles. The molecular weight excluding hydrogens is 229 g/mol. The van der Waals surface area contributed by atoms with Gasteiger partial charge in [0.15, 0.2) is 0 Å². The van der Waals surface area contributed by atoms with Crippen LogP contribution >= 0.6 is 11.6 Å². The summed E-state index contributed by atoms with van der Waals surface area (Å²) in [4.78, 5) is 13.3. The molecule has 0 aliphatic rings. The fourth-order valence-electron chi connectivity index (χ4n) is 1.47. The average molecular weight is 244 g/mol. The Hall–Kier alpha value is -1.09. The molecule has 4 heteroatoms. The SMILES string of the molecule is CCN(Cc1cccc(F)c1)C(=O)CCCl. The Morgan fingerprint density at radius 3 is 2.81 bits per heavy atom. The van der Waals surface area contributed by atoms with Crippen molar-refractivity contribution in [3.05, 3.63) is 35.6 Å². The molecule has 1 rings (SSSR count). The van der Waals surface area contributed by atoms with E-state index in [4.69, 9.17) is 11.6 Å². The predicted octanol–water partition coefficient (Wildman–Crippen LogP) is 2.80. The third-order valence-corrected chi connectivity index (χ3v) is 2.49. The van der Waals surface area contributed by atoms with Gasteiger partial charge in [-0.15, -0.1) is 11.6 Å². The lowest BCUT2D eigenvalue weighted by Gasteiger charge is -2.20.